The third-order valence-corrected chi connectivity index (χ3v) is 4.51. The lowest BCUT2D eigenvalue weighted by Crippen LogP contribution is -2.30. The van der Waals surface area contributed by atoms with E-state index in [1.54, 1.807) is 18.4 Å². The Morgan fingerprint density at radius 1 is 1.38 bits per heavy atom. The summed E-state index contributed by atoms with van der Waals surface area (Å²) in [5, 5.41) is 3.53. The van der Waals surface area contributed by atoms with Crippen LogP contribution in [0.3, 0.4) is 0 Å². The van der Waals surface area contributed by atoms with Crippen molar-refractivity contribution >= 4 is 11.3 Å². The van der Waals surface area contributed by atoms with Crippen LogP contribution >= 0.6 is 11.3 Å². The third kappa shape index (κ3) is 4.27. The summed E-state index contributed by atoms with van der Waals surface area (Å²) >= 11 is 1.70. The molecule has 0 radical (unpaired) electrons. The van der Waals surface area contributed by atoms with E-state index in [4.69, 9.17) is 4.74 Å². The fourth-order valence-corrected chi connectivity index (χ4v) is 3.01. The molecule has 2 rings (SSSR count). The molecule has 1 heterocycles. The maximum absolute atomic E-state index is 5.32. The highest BCUT2D eigenvalue weighted by molar-refractivity contribution is 7.09. The van der Waals surface area contributed by atoms with Crippen LogP contribution in [0.15, 0.2) is 29.8 Å². The van der Waals surface area contributed by atoms with Gasteiger partial charge in [-0.2, -0.15) is 0 Å². The number of methoxy groups -OCH3 is 1. The molecule has 1 aromatic heterocycles. The van der Waals surface area contributed by atoms with Gasteiger partial charge in [-0.3, -0.25) is 0 Å². The Kier molecular flexibility index (Phi) is 5.73. The number of likely N-dealkylation sites (N-methyl/N-ethyl adjacent to an activating group) is 1. The molecular formula is C16H23N3OS. The molecule has 114 valence electrons. The first-order chi connectivity index (χ1) is 10.1. The van der Waals surface area contributed by atoms with Gasteiger partial charge in [0.25, 0.3) is 0 Å². The fraction of sp³-hybridized carbons (Fsp3) is 0.438. The van der Waals surface area contributed by atoms with E-state index < -0.39 is 0 Å². The van der Waals surface area contributed by atoms with E-state index in [-0.39, 0.29) is 0 Å². The summed E-state index contributed by atoms with van der Waals surface area (Å²) in [5.74, 6) is 0.901. The second kappa shape index (κ2) is 7.54. The van der Waals surface area contributed by atoms with Crippen molar-refractivity contribution < 1.29 is 4.74 Å². The molecule has 5 heteroatoms. The number of ether oxygens (including phenoxy) is 1. The van der Waals surface area contributed by atoms with Gasteiger partial charge in [0.05, 0.1) is 18.3 Å². The summed E-state index contributed by atoms with van der Waals surface area (Å²) in [5.41, 5.74) is 4.28. The van der Waals surface area contributed by atoms with Gasteiger partial charge in [-0.1, -0.05) is 12.1 Å². The Bertz CT molecular complexity index is 568. The molecule has 0 spiro atoms. The van der Waals surface area contributed by atoms with Crippen LogP contribution < -0.4 is 10.1 Å². The summed E-state index contributed by atoms with van der Waals surface area (Å²) in [6.07, 6.45) is 0. The Labute approximate surface area is 130 Å². The number of hydrogen-bond acceptors (Lipinski definition) is 5. The maximum atomic E-state index is 5.32. The second-order valence-corrected chi connectivity index (χ2v) is 6.19. The van der Waals surface area contributed by atoms with Gasteiger partial charge in [-0.05, 0) is 38.7 Å². The number of rotatable bonds is 7. The molecule has 0 aliphatic heterocycles. The topological polar surface area (TPSA) is 37.4 Å². The van der Waals surface area contributed by atoms with E-state index in [0.29, 0.717) is 6.04 Å². The number of aryl methyl sites for hydroxylation is 1. The van der Waals surface area contributed by atoms with Crippen LogP contribution in [0.2, 0.25) is 0 Å². The molecule has 0 saturated carbocycles. The molecule has 0 saturated heterocycles. The van der Waals surface area contributed by atoms with Crippen LogP contribution in [0.25, 0.3) is 0 Å². The number of hydrogen-bond donors (Lipinski definition) is 1. The molecule has 21 heavy (non-hydrogen) atoms. The molecular weight excluding hydrogens is 282 g/mol. The molecule has 0 aliphatic rings. The number of benzene rings is 1. The standard InChI is InChI=1S/C16H23N3OS/c1-12-16(21-11-18-12)10-17-9-15(19(2)3)13-6-5-7-14(8-13)20-4/h5-8,11,15,17H,9-10H2,1-4H3. The highest BCUT2D eigenvalue weighted by Crippen LogP contribution is 2.22. The summed E-state index contributed by atoms with van der Waals surface area (Å²) < 4.78 is 5.32. The van der Waals surface area contributed by atoms with Crippen molar-refractivity contribution in [3.05, 3.63) is 45.9 Å². The lowest BCUT2D eigenvalue weighted by atomic mass is 10.1. The quantitative estimate of drug-likeness (QED) is 0.853. The van der Waals surface area contributed by atoms with E-state index in [2.05, 4.69) is 48.4 Å². The lowest BCUT2D eigenvalue weighted by molar-refractivity contribution is 0.287. The minimum atomic E-state index is 0.313. The first kappa shape index (κ1) is 15.9. The van der Waals surface area contributed by atoms with Crippen molar-refractivity contribution in [1.82, 2.24) is 15.2 Å². The van der Waals surface area contributed by atoms with Crippen molar-refractivity contribution in [2.45, 2.75) is 19.5 Å². The predicted octanol–water partition coefficient (Wildman–Crippen LogP) is 2.85. The van der Waals surface area contributed by atoms with Gasteiger partial charge in [0.2, 0.25) is 0 Å². The van der Waals surface area contributed by atoms with E-state index in [0.717, 1.165) is 24.5 Å². The molecule has 4 nitrogen and oxygen atoms in total. The lowest BCUT2D eigenvalue weighted by Gasteiger charge is -2.25. The van der Waals surface area contributed by atoms with E-state index in [9.17, 15) is 0 Å². The van der Waals surface area contributed by atoms with Gasteiger partial charge in [0.15, 0.2) is 0 Å². The normalized spacial score (nSPS) is 12.6. The van der Waals surface area contributed by atoms with Crippen molar-refractivity contribution in [2.24, 2.45) is 0 Å². The molecule has 1 aromatic carbocycles. The average molecular weight is 305 g/mol. The third-order valence-electron chi connectivity index (χ3n) is 3.57. The van der Waals surface area contributed by atoms with E-state index in [1.165, 1.54) is 10.4 Å². The molecule has 0 aliphatic carbocycles. The highest BCUT2D eigenvalue weighted by atomic mass is 32.1. The van der Waals surface area contributed by atoms with Crippen molar-refractivity contribution in [3.8, 4) is 5.75 Å². The minimum absolute atomic E-state index is 0.313. The zero-order valence-electron chi connectivity index (χ0n) is 13.1. The number of nitrogens with one attached hydrogen (secondary N) is 1. The van der Waals surface area contributed by atoms with Crippen molar-refractivity contribution in [3.63, 3.8) is 0 Å². The van der Waals surface area contributed by atoms with Crippen LogP contribution in [0, 0.1) is 6.92 Å². The van der Waals surface area contributed by atoms with E-state index in [1.807, 2.05) is 17.6 Å². The van der Waals surface area contributed by atoms with Crippen LogP contribution in [-0.2, 0) is 6.54 Å². The molecule has 0 amide bonds. The van der Waals surface area contributed by atoms with Crippen LogP contribution in [-0.4, -0.2) is 37.6 Å². The molecule has 1 N–H and O–H groups in total. The van der Waals surface area contributed by atoms with Gasteiger partial charge in [0.1, 0.15) is 5.75 Å². The largest absolute Gasteiger partial charge is 0.497 e. The summed E-state index contributed by atoms with van der Waals surface area (Å²) in [6.45, 7) is 3.81. The van der Waals surface area contributed by atoms with Gasteiger partial charge in [-0.15, -0.1) is 11.3 Å². The average Bonchev–Trinajstić information content (AvgIpc) is 2.88. The first-order valence-electron chi connectivity index (χ1n) is 7.02. The maximum Gasteiger partial charge on any atom is 0.119 e. The Morgan fingerprint density at radius 3 is 2.81 bits per heavy atom. The Morgan fingerprint density at radius 2 is 2.19 bits per heavy atom. The molecule has 0 fully saturated rings. The smallest absolute Gasteiger partial charge is 0.119 e. The fourth-order valence-electron chi connectivity index (χ4n) is 2.27. The number of thiazole rings is 1. The number of aromatic nitrogens is 1. The van der Waals surface area contributed by atoms with Gasteiger partial charge < -0.3 is 15.0 Å². The zero-order valence-corrected chi connectivity index (χ0v) is 13.9. The summed E-state index contributed by atoms with van der Waals surface area (Å²) in [7, 11) is 5.90. The molecule has 1 atom stereocenters. The van der Waals surface area contributed by atoms with Gasteiger partial charge in [-0.25, -0.2) is 4.98 Å². The highest BCUT2D eigenvalue weighted by Gasteiger charge is 2.14. The van der Waals surface area contributed by atoms with Gasteiger partial charge >= 0.3 is 0 Å². The van der Waals surface area contributed by atoms with Crippen LogP contribution in [0.1, 0.15) is 22.2 Å². The SMILES string of the molecule is COc1cccc(C(CNCc2scnc2C)N(C)C)c1. The van der Waals surface area contributed by atoms with Gasteiger partial charge in [0, 0.05) is 24.0 Å². The Balaban J connectivity index is 2.00. The first-order valence-corrected chi connectivity index (χ1v) is 7.90. The molecule has 0 bridgehead atoms. The van der Waals surface area contributed by atoms with E-state index >= 15 is 0 Å². The van der Waals surface area contributed by atoms with Crippen molar-refractivity contribution in [2.75, 3.05) is 27.7 Å². The predicted molar refractivity (Wildman–Crippen MR) is 88.0 cm³/mol. The van der Waals surface area contributed by atoms with Crippen LogP contribution in [0.4, 0.5) is 0 Å². The van der Waals surface area contributed by atoms with Crippen LogP contribution in [0.5, 0.6) is 5.75 Å². The minimum Gasteiger partial charge on any atom is -0.497 e. The zero-order chi connectivity index (χ0) is 15.2. The molecule has 2 aromatic rings. The summed E-state index contributed by atoms with van der Waals surface area (Å²) in [6, 6.07) is 8.58. The monoisotopic (exact) mass is 305 g/mol. The number of nitrogens with zero attached hydrogens (tertiary/aromatic N) is 2. The summed E-state index contributed by atoms with van der Waals surface area (Å²) in [4.78, 5) is 7.81. The second-order valence-electron chi connectivity index (χ2n) is 5.25. The Hall–Kier alpha value is -1.43. The van der Waals surface area contributed by atoms with Crippen molar-refractivity contribution in [1.29, 1.82) is 0 Å². The molecule has 1 unspecified atom stereocenters.